The van der Waals surface area contributed by atoms with Gasteiger partial charge < -0.3 is 10.6 Å². The quantitative estimate of drug-likeness (QED) is 0.459. The van der Waals surface area contributed by atoms with Crippen molar-refractivity contribution in [3.8, 4) is 0 Å². The van der Waals surface area contributed by atoms with Gasteiger partial charge in [-0.3, -0.25) is 15.5 Å². The Hall–Kier alpha value is -1.59. The number of nitrogens with zero attached hydrogens (tertiary/aromatic N) is 2. The highest BCUT2D eigenvalue weighted by Crippen LogP contribution is 2.23. The Morgan fingerprint density at radius 1 is 1.35 bits per heavy atom. The van der Waals surface area contributed by atoms with Gasteiger partial charge in [-0.15, -0.1) is 0 Å². The molecule has 6 heteroatoms. The van der Waals surface area contributed by atoms with Crippen LogP contribution < -0.4 is 11.1 Å². The van der Waals surface area contributed by atoms with Crippen molar-refractivity contribution < 1.29 is 4.79 Å². The highest BCUT2D eigenvalue weighted by molar-refractivity contribution is 6.01. The summed E-state index contributed by atoms with van der Waals surface area (Å²) in [5.74, 6) is -0.0596. The Kier molecular flexibility index (Phi) is 4.93. The molecule has 0 saturated heterocycles. The Labute approximate surface area is 102 Å². The standard InChI is InChI=1S/C11H21N5O/c1-16(2)11(13)15-10(12)14-9(17)8-6-4-3-5-7-8/h8H,3-7H2,1-2H3,(H4,12,13,14,15,17). The molecule has 0 aromatic carbocycles. The molecule has 0 aromatic heterocycles. The van der Waals surface area contributed by atoms with Crippen LogP contribution in [0.1, 0.15) is 32.1 Å². The van der Waals surface area contributed by atoms with Crippen molar-refractivity contribution in [2.45, 2.75) is 32.1 Å². The Balaban J connectivity index is 2.45. The van der Waals surface area contributed by atoms with E-state index in [2.05, 4.69) is 10.3 Å². The van der Waals surface area contributed by atoms with Crippen molar-refractivity contribution in [1.29, 1.82) is 5.41 Å². The van der Waals surface area contributed by atoms with Crippen LogP contribution in [0.2, 0.25) is 0 Å². The van der Waals surface area contributed by atoms with Gasteiger partial charge in [-0.1, -0.05) is 19.3 Å². The fourth-order valence-corrected chi connectivity index (χ4v) is 1.83. The summed E-state index contributed by atoms with van der Waals surface area (Å²) < 4.78 is 0. The van der Waals surface area contributed by atoms with Crippen molar-refractivity contribution in [2.75, 3.05) is 14.1 Å². The average molecular weight is 239 g/mol. The molecule has 0 aliphatic heterocycles. The molecule has 1 fully saturated rings. The third kappa shape index (κ3) is 4.42. The second-order valence-corrected chi connectivity index (χ2v) is 4.54. The summed E-state index contributed by atoms with van der Waals surface area (Å²) in [6.07, 6.45) is 5.20. The highest BCUT2D eigenvalue weighted by Gasteiger charge is 2.21. The Morgan fingerprint density at radius 3 is 2.47 bits per heavy atom. The lowest BCUT2D eigenvalue weighted by atomic mass is 9.89. The maximum absolute atomic E-state index is 11.8. The molecule has 1 aliphatic carbocycles. The minimum Gasteiger partial charge on any atom is -0.369 e. The first-order chi connectivity index (χ1) is 8.00. The molecule has 4 N–H and O–H groups in total. The summed E-state index contributed by atoms with van der Waals surface area (Å²) in [6, 6.07) is 0. The van der Waals surface area contributed by atoms with E-state index in [4.69, 9.17) is 11.1 Å². The number of rotatable bonds is 1. The van der Waals surface area contributed by atoms with E-state index in [1.807, 2.05) is 0 Å². The Morgan fingerprint density at radius 2 is 1.94 bits per heavy atom. The van der Waals surface area contributed by atoms with E-state index < -0.39 is 0 Å². The number of nitrogens with two attached hydrogens (primary N) is 1. The predicted molar refractivity (Wildman–Crippen MR) is 67.8 cm³/mol. The van der Waals surface area contributed by atoms with Crippen LogP contribution in [0.15, 0.2) is 4.99 Å². The smallest absolute Gasteiger partial charge is 0.229 e. The van der Waals surface area contributed by atoms with E-state index in [0.29, 0.717) is 0 Å². The number of carbonyl (C=O) groups is 1. The van der Waals surface area contributed by atoms with E-state index in [1.165, 1.54) is 6.42 Å². The van der Waals surface area contributed by atoms with Crippen LogP contribution in [-0.2, 0) is 4.79 Å². The monoisotopic (exact) mass is 239 g/mol. The van der Waals surface area contributed by atoms with E-state index >= 15 is 0 Å². The molecule has 0 radical (unpaired) electrons. The van der Waals surface area contributed by atoms with E-state index in [9.17, 15) is 4.79 Å². The maximum atomic E-state index is 11.8. The summed E-state index contributed by atoms with van der Waals surface area (Å²) in [5.41, 5.74) is 5.56. The van der Waals surface area contributed by atoms with Crippen LogP contribution in [0.5, 0.6) is 0 Å². The molecule has 0 aromatic rings. The molecular formula is C11H21N5O. The number of amides is 1. The number of hydrogen-bond acceptors (Lipinski definition) is 2. The minimum absolute atomic E-state index is 0.0277. The molecule has 0 bridgehead atoms. The zero-order valence-electron chi connectivity index (χ0n) is 10.5. The summed E-state index contributed by atoms with van der Waals surface area (Å²) in [6.45, 7) is 0. The lowest BCUT2D eigenvalue weighted by molar-refractivity contribution is -0.124. The van der Waals surface area contributed by atoms with Crippen molar-refractivity contribution in [3.63, 3.8) is 0 Å². The summed E-state index contributed by atoms with van der Waals surface area (Å²) in [4.78, 5) is 17.2. The fraction of sp³-hybridized carbons (Fsp3) is 0.727. The molecule has 17 heavy (non-hydrogen) atoms. The van der Waals surface area contributed by atoms with Crippen LogP contribution in [0.25, 0.3) is 0 Å². The number of nitrogens with one attached hydrogen (secondary N) is 2. The van der Waals surface area contributed by atoms with Gasteiger partial charge in [0.15, 0.2) is 5.96 Å². The molecular weight excluding hydrogens is 218 g/mol. The second kappa shape index (κ2) is 6.22. The van der Waals surface area contributed by atoms with E-state index in [1.54, 1.807) is 19.0 Å². The molecule has 1 saturated carbocycles. The zero-order chi connectivity index (χ0) is 12.8. The SMILES string of the molecule is CN(C)/C(N)=N/C(=N)NC(=O)C1CCCCC1. The number of carbonyl (C=O) groups excluding carboxylic acids is 1. The summed E-state index contributed by atoms with van der Waals surface area (Å²) in [7, 11) is 3.46. The molecule has 0 atom stereocenters. The van der Waals surface area contributed by atoms with Gasteiger partial charge in [0.25, 0.3) is 0 Å². The van der Waals surface area contributed by atoms with E-state index in [0.717, 1.165) is 25.7 Å². The van der Waals surface area contributed by atoms with Gasteiger partial charge in [0, 0.05) is 20.0 Å². The molecule has 1 amide bonds. The second-order valence-electron chi connectivity index (χ2n) is 4.54. The van der Waals surface area contributed by atoms with Gasteiger partial charge in [-0.05, 0) is 12.8 Å². The van der Waals surface area contributed by atoms with Crippen molar-refractivity contribution >= 4 is 17.8 Å². The van der Waals surface area contributed by atoms with Crippen molar-refractivity contribution in [3.05, 3.63) is 0 Å². The largest absolute Gasteiger partial charge is 0.369 e. The highest BCUT2D eigenvalue weighted by atomic mass is 16.2. The topological polar surface area (TPSA) is 94.6 Å². The van der Waals surface area contributed by atoms with Gasteiger partial charge in [-0.2, -0.15) is 4.99 Å². The molecule has 1 rings (SSSR count). The van der Waals surface area contributed by atoms with Crippen LogP contribution in [0.3, 0.4) is 0 Å². The first-order valence-electron chi connectivity index (χ1n) is 5.91. The lowest BCUT2D eigenvalue weighted by Crippen LogP contribution is -2.38. The van der Waals surface area contributed by atoms with Crippen molar-refractivity contribution in [1.82, 2.24) is 10.2 Å². The van der Waals surface area contributed by atoms with Crippen molar-refractivity contribution in [2.24, 2.45) is 16.6 Å². The van der Waals surface area contributed by atoms with Gasteiger partial charge in [-0.25, -0.2) is 0 Å². The van der Waals surface area contributed by atoms with Gasteiger partial charge >= 0.3 is 0 Å². The van der Waals surface area contributed by atoms with Crippen LogP contribution in [0.4, 0.5) is 0 Å². The molecule has 96 valence electrons. The van der Waals surface area contributed by atoms with Gasteiger partial charge in [0.05, 0.1) is 0 Å². The first kappa shape index (κ1) is 13.5. The van der Waals surface area contributed by atoms with E-state index in [-0.39, 0.29) is 23.7 Å². The average Bonchev–Trinajstić information content (AvgIpc) is 2.29. The number of guanidine groups is 2. The summed E-state index contributed by atoms with van der Waals surface area (Å²) in [5, 5.41) is 10.0. The number of aliphatic imine (C=N–C) groups is 1. The fourth-order valence-electron chi connectivity index (χ4n) is 1.83. The van der Waals surface area contributed by atoms with Crippen LogP contribution >= 0.6 is 0 Å². The van der Waals surface area contributed by atoms with Gasteiger partial charge in [0.1, 0.15) is 0 Å². The lowest BCUT2D eigenvalue weighted by Gasteiger charge is -2.20. The normalized spacial score (nSPS) is 17.6. The first-order valence-corrected chi connectivity index (χ1v) is 5.91. The molecule has 1 aliphatic rings. The third-order valence-electron chi connectivity index (χ3n) is 2.90. The van der Waals surface area contributed by atoms with Crippen LogP contribution in [-0.4, -0.2) is 36.8 Å². The maximum Gasteiger partial charge on any atom is 0.229 e. The zero-order valence-corrected chi connectivity index (χ0v) is 10.5. The predicted octanol–water partition coefficient (Wildman–Crippen LogP) is 0.494. The number of hydrogen-bond donors (Lipinski definition) is 3. The molecule has 6 nitrogen and oxygen atoms in total. The summed E-state index contributed by atoms with van der Waals surface area (Å²) >= 11 is 0. The molecule has 0 heterocycles. The molecule has 0 spiro atoms. The molecule has 0 unspecified atom stereocenters. The van der Waals surface area contributed by atoms with Crippen LogP contribution in [0, 0.1) is 11.3 Å². The third-order valence-corrected chi connectivity index (χ3v) is 2.90. The van der Waals surface area contributed by atoms with Gasteiger partial charge in [0.2, 0.25) is 11.9 Å². The minimum atomic E-state index is -0.188. The Bertz CT molecular complexity index is 318.